The van der Waals surface area contributed by atoms with Gasteiger partial charge in [-0.1, -0.05) is 63.6 Å². The number of hydrogen-bond donors (Lipinski definition) is 1. The van der Waals surface area contributed by atoms with E-state index in [0.29, 0.717) is 6.10 Å². The van der Waals surface area contributed by atoms with Gasteiger partial charge in [0.2, 0.25) is 0 Å². The quantitative estimate of drug-likeness (QED) is 0.518. The first kappa shape index (κ1) is 18.5. The highest BCUT2D eigenvalue weighted by atomic mass is 28.4. The Labute approximate surface area is 160 Å². The monoisotopic (exact) mass is 369 g/mol. The highest BCUT2D eigenvalue weighted by Crippen LogP contribution is 2.56. The minimum absolute atomic E-state index is 0.0668. The summed E-state index contributed by atoms with van der Waals surface area (Å²) >= 11 is 0. The zero-order valence-electron chi connectivity index (χ0n) is 17.4. The lowest BCUT2D eigenvalue weighted by Crippen LogP contribution is -2.49. The van der Waals surface area contributed by atoms with Crippen LogP contribution in [0.1, 0.15) is 64.5 Å². The maximum Gasteiger partial charge on any atom is 0.192 e. The molecule has 142 valence electrons. The Morgan fingerprint density at radius 2 is 1.88 bits per heavy atom. The van der Waals surface area contributed by atoms with Gasteiger partial charge in [-0.3, -0.25) is 0 Å². The molecule has 1 aromatic carbocycles. The van der Waals surface area contributed by atoms with Gasteiger partial charge in [0, 0.05) is 12.0 Å². The molecule has 1 spiro atoms. The molecule has 1 heterocycles. The van der Waals surface area contributed by atoms with Crippen LogP contribution < -0.4 is 5.32 Å². The molecule has 0 aromatic heterocycles. The normalized spacial score (nSPS) is 33.9. The molecule has 1 saturated carbocycles. The molecular formula is C23H35NOSi. The highest BCUT2D eigenvalue weighted by Gasteiger charge is 2.53. The van der Waals surface area contributed by atoms with Gasteiger partial charge in [0.1, 0.15) is 0 Å². The van der Waals surface area contributed by atoms with Crippen LogP contribution in [0.5, 0.6) is 0 Å². The number of hydrogen-bond acceptors (Lipinski definition) is 2. The third-order valence-corrected chi connectivity index (χ3v) is 12.4. The summed E-state index contributed by atoms with van der Waals surface area (Å²) in [5.41, 5.74) is 4.90. The van der Waals surface area contributed by atoms with Gasteiger partial charge in [-0.25, -0.2) is 0 Å². The van der Waals surface area contributed by atoms with Crippen molar-refractivity contribution in [1.29, 1.82) is 0 Å². The second-order valence-corrected chi connectivity index (χ2v) is 15.2. The van der Waals surface area contributed by atoms with Gasteiger partial charge in [-0.2, -0.15) is 0 Å². The Morgan fingerprint density at radius 3 is 2.62 bits per heavy atom. The summed E-state index contributed by atoms with van der Waals surface area (Å²) in [6, 6.07) is 8.96. The average Bonchev–Trinajstić information content (AvgIpc) is 3.07. The summed E-state index contributed by atoms with van der Waals surface area (Å²) in [6.07, 6.45) is 7.77. The lowest BCUT2D eigenvalue weighted by molar-refractivity contribution is 0.0751. The molecule has 2 nitrogen and oxygen atoms in total. The van der Waals surface area contributed by atoms with Crippen molar-refractivity contribution in [3.63, 3.8) is 0 Å². The van der Waals surface area contributed by atoms with Crippen molar-refractivity contribution < 1.29 is 4.43 Å². The molecule has 1 fully saturated rings. The van der Waals surface area contributed by atoms with Crippen LogP contribution in [0.3, 0.4) is 0 Å². The van der Waals surface area contributed by atoms with E-state index in [9.17, 15) is 0 Å². The number of benzene rings is 1. The molecule has 1 aromatic rings. The summed E-state index contributed by atoms with van der Waals surface area (Å²) in [5.74, 6) is 0. The molecular weight excluding hydrogens is 334 g/mol. The minimum Gasteiger partial charge on any atom is -0.413 e. The van der Waals surface area contributed by atoms with Gasteiger partial charge in [0.05, 0.1) is 11.6 Å². The van der Waals surface area contributed by atoms with Gasteiger partial charge < -0.3 is 9.74 Å². The Balaban J connectivity index is 1.64. The third-order valence-electron chi connectivity index (χ3n) is 7.91. The number of rotatable bonds is 2. The highest BCUT2D eigenvalue weighted by molar-refractivity contribution is 6.74. The molecule has 3 atom stereocenters. The van der Waals surface area contributed by atoms with E-state index in [-0.39, 0.29) is 16.0 Å². The Hall–Kier alpha value is -0.903. The van der Waals surface area contributed by atoms with Crippen molar-refractivity contribution >= 4 is 8.32 Å². The van der Waals surface area contributed by atoms with E-state index in [1.807, 2.05) is 0 Å². The van der Waals surface area contributed by atoms with Gasteiger partial charge >= 0.3 is 0 Å². The van der Waals surface area contributed by atoms with Crippen molar-refractivity contribution in [2.24, 2.45) is 5.41 Å². The maximum absolute atomic E-state index is 6.93. The standard InChI is InChI=1S/C23H35NOSi/c1-21(2,3)26(5,6)25-20-12-11-18-15-23(14-13-22(18,20)4)19-10-8-7-9-17(19)16-24-23/h7-10,15,20,24H,11-14,16H2,1-6H3/t20-,22-,23?/m0/s1. The molecule has 0 amide bonds. The summed E-state index contributed by atoms with van der Waals surface area (Å²) in [5, 5.41) is 4.12. The second-order valence-electron chi connectivity index (χ2n) is 10.5. The van der Waals surface area contributed by atoms with Crippen LogP contribution in [-0.2, 0) is 16.5 Å². The lowest BCUT2D eigenvalue weighted by Gasteiger charge is -2.46. The van der Waals surface area contributed by atoms with E-state index in [1.165, 1.54) is 36.8 Å². The van der Waals surface area contributed by atoms with Gasteiger partial charge in [-0.05, 0) is 54.9 Å². The predicted octanol–water partition coefficient (Wildman–Crippen LogP) is 5.90. The SMILES string of the molecule is CC(C)(C)[Si](C)(C)O[C@H]1CCC2=CC3(CC[C@@]21C)NCc1ccccc13. The first-order valence-corrected chi connectivity index (χ1v) is 13.2. The van der Waals surface area contributed by atoms with E-state index in [2.05, 4.69) is 76.4 Å². The fraction of sp³-hybridized carbons (Fsp3) is 0.652. The zero-order valence-corrected chi connectivity index (χ0v) is 18.4. The largest absolute Gasteiger partial charge is 0.413 e. The molecule has 0 bridgehead atoms. The van der Waals surface area contributed by atoms with Crippen molar-refractivity contribution in [1.82, 2.24) is 5.32 Å². The molecule has 0 saturated heterocycles. The predicted molar refractivity (Wildman–Crippen MR) is 112 cm³/mol. The van der Waals surface area contributed by atoms with Crippen molar-refractivity contribution in [2.45, 2.75) is 89.7 Å². The molecule has 1 aliphatic heterocycles. The summed E-state index contributed by atoms with van der Waals surface area (Å²) in [4.78, 5) is 0. The van der Waals surface area contributed by atoms with Crippen LogP contribution in [-0.4, -0.2) is 14.4 Å². The maximum atomic E-state index is 6.93. The lowest BCUT2D eigenvalue weighted by atomic mass is 9.67. The van der Waals surface area contributed by atoms with Crippen molar-refractivity contribution in [3.8, 4) is 0 Å². The van der Waals surface area contributed by atoms with Crippen LogP contribution in [0, 0.1) is 5.41 Å². The van der Waals surface area contributed by atoms with E-state index in [1.54, 1.807) is 5.57 Å². The van der Waals surface area contributed by atoms with Crippen LogP contribution in [0.25, 0.3) is 0 Å². The molecule has 4 rings (SSSR count). The van der Waals surface area contributed by atoms with E-state index >= 15 is 0 Å². The molecule has 26 heavy (non-hydrogen) atoms. The fourth-order valence-electron chi connectivity index (χ4n) is 5.01. The Bertz CT molecular complexity index is 747. The van der Waals surface area contributed by atoms with Crippen LogP contribution in [0.2, 0.25) is 18.1 Å². The topological polar surface area (TPSA) is 21.3 Å². The first-order chi connectivity index (χ1) is 12.1. The van der Waals surface area contributed by atoms with Gasteiger partial charge in [0.25, 0.3) is 0 Å². The smallest absolute Gasteiger partial charge is 0.192 e. The number of nitrogens with one attached hydrogen (secondary N) is 1. The average molecular weight is 370 g/mol. The van der Waals surface area contributed by atoms with Crippen LogP contribution in [0.4, 0.5) is 0 Å². The van der Waals surface area contributed by atoms with Crippen LogP contribution >= 0.6 is 0 Å². The molecule has 0 radical (unpaired) electrons. The van der Waals surface area contributed by atoms with Crippen LogP contribution in [0.15, 0.2) is 35.9 Å². The second kappa shape index (κ2) is 5.80. The third kappa shape index (κ3) is 2.66. The summed E-state index contributed by atoms with van der Waals surface area (Å²) in [6.45, 7) is 15.3. The molecule has 2 aliphatic carbocycles. The van der Waals surface area contributed by atoms with Gasteiger partial charge in [-0.15, -0.1) is 0 Å². The van der Waals surface area contributed by atoms with Crippen molar-refractivity contribution in [2.75, 3.05) is 0 Å². The fourth-order valence-corrected chi connectivity index (χ4v) is 6.46. The van der Waals surface area contributed by atoms with E-state index < -0.39 is 8.32 Å². The Morgan fingerprint density at radius 1 is 1.15 bits per heavy atom. The Kier molecular flexibility index (Phi) is 4.11. The minimum atomic E-state index is -1.73. The van der Waals surface area contributed by atoms with E-state index in [0.717, 1.165) is 6.54 Å². The van der Waals surface area contributed by atoms with Crippen molar-refractivity contribution in [3.05, 3.63) is 47.0 Å². The molecule has 3 heteroatoms. The first-order valence-electron chi connectivity index (χ1n) is 10.3. The molecule has 1 unspecified atom stereocenters. The molecule has 1 N–H and O–H groups in total. The van der Waals surface area contributed by atoms with Gasteiger partial charge in [0.15, 0.2) is 8.32 Å². The number of fused-ring (bicyclic) bond motifs is 3. The summed E-state index contributed by atoms with van der Waals surface area (Å²) < 4.78 is 6.93. The molecule has 3 aliphatic rings. The van der Waals surface area contributed by atoms with E-state index in [4.69, 9.17) is 4.43 Å². The summed E-state index contributed by atoms with van der Waals surface area (Å²) in [7, 11) is -1.73. The zero-order chi connectivity index (χ0) is 18.8.